The summed E-state index contributed by atoms with van der Waals surface area (Å²) >= 11 is 0. The van der Waals surface area contributed by atoms with Gasteiger partial charge in [-0.15, -0.1) is 0 Å². The van der Waals surface area contributed by atoms with Crippen molar-refractivity contribution >= 4 is 0 Å². The maximum Gasteiger partial charge on any atom is 0.129 e. The lowest BCUT2D eigenvalue weighted by Crippen LogP contribution is -2.30. The lowest BCUT2D eigenvalue weighted by atomic mass is 9.98. The summed E-state index contributed by atoms with van der Waals surface area (Å²) in [5.41, 5.74) is 3.10. The molecule has 0 spiro atoms. The monoisotopic (exact) mass is 266 g/mol. The molecule has 2 nitrogen and oxygen atoms in total. The van der Waals surface area contributed by atoms with Gasteiger partial charge in [-0.2, -0.15) is 0 Å². The molecular formula is C14H13F3N2. The van der Waals surface area contributed by atoms with E-state index in [0.717, 1.165) is 0 Å². The van der Waals surface area contributed by atoms with E-state index in [-0.39, 0.29) is 17.8 Å². The smallest absolute Gasteiger partial charge is 0.129 e. The molecule has 5 heteroatoms. The minimum absolute atomic E-state index is 0.0423. The lowest BCUT2D eigenvalue weighted by Gasteiger charge is -2.17. The summed E-state index contributed by atoms with van der Waals surface area (Å²) in [6, 6.07) is 8.79. The van der Waals surface area contributed by atoms with Crippen LogP contribution >= 0.6 is 0 Å². The van der Waals surface area contributed by atoms with Crippen LogP contribution in [0.2, 0.25) is 0 Å². The Morgan fingerprint density at radius 1 is 0.947 bits per heavy atom. The fourth-order valence-corrected chi connectivity index (χ4v) is 1.90. The van der Waals surface area contributed by atoms with Gasteiger partial charge in [-0.05, 0) is 36.2 Å². The quantitative estimate of drug-likeness (QED) is 0.659. The van der Waals surface area contributed by atoms with Crippen LogP contribution in [0.15, 0.2) is 42.5 Å². The summed E-state index contributed by atoms with van der Waals surface area (Å²) in [7, 11) is 0. The fourth-order valence-electron chi connectivity index (χ4n) is 1.90. The van der Waals surface area contributed by atoms with E-state index in [2.05, 4.69) is 5.43 Å². The molecule has 3 N–H and O–H groups in total. The van der Waals surface area contributed by atoms with Crippen molar-refractivity contribution in [3.63, 3.8) is 0 Å². The number of benzene rings is 2. The maximum absolute atomic E-state index is 13.6. The molecule has 2 aromatic rings. The van der Waals surface area contributed by atoms with Crippen molar-refractivity contribution in [3.8, 4) is 0 Å². The molecule has 0 amide bonds. The predicted octanol–water partition coefficient (Wildman–Crippen LogP) is 2.85. The second-order valence-corrected chi connectivity index (χ2v) is 4.18. The molecule has 1 atom stereocenters. The van der Waals surface area contributed by atoms with E-state index in [4.69, 9.17) is 5.84 Å². The van der Waals surface area contributed by atoms with Gasteiger partial charge >= 0.3 is 0 Å². The minimum Gasteiger partial charge on any atom is -0.271 e. The van der Waals surface area contributed by atoms with Crippen molar-refractivity contribution < 1.29 is 13.2 Å². The first-order chi connectivity index (χ1) is 9.11. The number of hydrazine groups is 1. The first-order valence-electron chi connectivity index (χ1n) is 5.76. The summed E-state index contributed by atoms with van der Waals surface area (Å²) in [4.78, 5) is 0. The maximum atomic E-state index is 13.6. The van der Waals surface area contributed by atoms with E-state index in [1.807, 2.05) is 0 Å². The third-order valence-electron chi connectivity index (χ3n) is 2.94. The number of rotatable bonds is 4. The zero-order valence-electron chi connectivity index (χ0n) is 10.0. The van der Waals surface area contributed by atoms with E-state index < -0.39 is 17.7 Å². The van der Waals surface area contributed by atoms with Crippen LogP contribution in [-0.4, -0.2) is 0 Å². The molecule has 0 radical (unpaired) electrons. The van der Waals surface area contributed by atoms with Crippen molar-refractivity contribution in [3.05, 3.63) is 71.0 Å². The Balaban J connectivity index is 2.26. The molecule has 0 aliphatic rings. The van der Waals surface area contributed by atoms with Crippen LogP contribution in [0.25, 0.3) is 0 Å². The summed E-state index contributed by atoms with van der Waals surface area (Å²) in [6.45, 7) is 0. The van der Waals surface area contributed by atoms with E-state index in [0.29, 0.717) is 5.56 Å². The second kappa shape index (κ2) is 5.86. The van der Waals surface area contributed by atoms with Gasteiger partial charge in [-0.1, -0.05) is 18.2 Å². The van der Waals surface area contributed by atoms with E-state index in [1.165, 1.54) is 42.5 Å². The van der Waals surface area contributed by atoms with Gasteiger partial charge < -0.3 is 0 Å². The highest BCUT2D eigenvalue weighted by atomic mass is 19.1. The Morgan fingerprint density at radius 3 is 2.05 bits per heavy atom. The molecule has 100 valence electrons. The molecule has 0 heterocycles. The summed E-state index contributed by atoms with van der Waals surface area (Å²) in [5.74, 6) is 3.78. The Kier molecular flexibility index (Phi) is 4.19. The van der Waals surface area contributed by atoms with Crippen LogP contribution in [0.1, 0.15) is 17.2 Å². The summed E-state index contributed by atoms with van der Waals surface area (Å²) in [5, 5.41) is 0. The van der Waals surface area contributed by atoms with E-state index >= 15 is 0 Å². The average Bonchev–Trinajstić information content (AvgIpc) is 2.40. The second-order valence-electron chi connectivity index (χ2n) is 4.18. The van der Waals surface area contributed by atoms with Gasteiger partial charge in [0.25, 0.3) is 0 Å². The Bertz CT molecular complexity index is 535. The van der Waals surface area contributed by atoms with Crippen LogP contribution in [0.3, 0.4) is 0 Å². The van der Waals surface area contributed by atoms with Crippen LogP contribution in [0.5, 0.6) is 0 Å². The molecule has 1 unspecified atom stereocenters. The number of halogens is 3. The molecule has 0 bridgehead atoms. The zero-order valence-corrected chi connectivity index (χ0v) is 10.0. The minimum atomic E-state index is -0.623. The van der Waals surface area contributed by atoms with Crippen molar-refractivity contribution in [2.45, 2.75) is 12.5 Å². The normalized spacial score (nSPS) is 12.4. The van der Waals surface area contributed by atoms with Gasteiger partial charge in [-0.3, -0.25) is 11.3 Å². The van der Waals surface area contributed by atoms with Gasteiger partial charge in [0, 0.05) is 5.56 Å². The molecule has 19 heavy (non-hydrogen) atoms. The van der Waals surface area contributed by atoms with Crippen LogP contribution in [-0.2, 0) is 6.42 Å². The highest BCUT2D eigenvalue weighted by Crippen LogP contribution is 2.22. The molecule has 0 aliphatic heterocycles. The van der Waals surface area contributed by atoms with Crippen LogP contribution < -0.4 is 11.3 Å². The number of nitrogens with two attached hydrogens (primary N) is 1. The molecule has 0 aliphatic carbocycles. The standard InChI is InChI=1S/C14H13F3N2/c15-10-6-4-9(5-7-10)14(19-18)8-11-12(16)2-1-3-13(11)17/h1-7,14,19H,8,18H2. The molecule has 0 saturated carbocycles. The van der Waals surface area contributed by atoms with Crippen molar-refractivity contribution in [1.29, 1.82) is 0 Å². The summed E-state index contributed by atoms with van der Waals surface area (Å²) in [6.07, 6.45) is 0.0423. The fraction of sp³-hybridized carbons (Fsp3) is 0.143. The van der Waals surface area contributed by atoms with Crippen molar-refractivity contribution in [1.82, 2.24) is 5.43 Å². The molecule has 2 rings (SSSR count). The topological polar surface area (TPSA) is 38.0 Å². The molecule has 0 fully saturated rings. The number of hydrogen-bond acceptors (Lipinski definition) is 2. The molecule has 2 aromatic carbocycles. The first-order valence-corrected chi connectivity index (χ1v) is 5.76. The SMILES string of the molecule is NNC(Cc1c(F)cccc1F)c1ccc(F)cc1. The summed E-state index contributed by atoms with van der Waals surface area (Å²) < 4.78 is 40.0. The highest BCUT2D eigenvalue weighted by Gasteiger charge is 2.16. The predicted molar refractivity (Wildman–Crippen MR) is 66.5 cm³/mol. The van der Waals surface area contributed by atoms with Crippen LogP contribution in [0.4, 0.5) is 13.2 Å². The highest BCUT2D eigenvalue weighted by molar-refractivity contribution is 5.26. The average molecular weight is 266 g/mol. The Hall–Kier alpha value is -1.85. The first kappa shape index (κ1) is 13.6. The van der Waals surface area contributed by atoms with Gasteiger partial charge in [0.2, 0.25) is 0 Å². The molecule has 0 aromatic heterocycles. The van der Waals surface area contributed by atoms with E-state index in [9.17, 15) is 13.2 Å². The van der Waals surface area contributed by atoms with Gasteiger partial charge in [-0.25, -0.2) is 13.2 Å². The largest absolute Gasteiger partial charge is 0.271 e. The molecule has 0 saturated heterocycles. The number of nitrogens with one attached hydrogen (secondary N) is 1. The van der Waals surface area contributed by atoms with Gasteiger partial charge in [0.15, 0.2) is 0 Å². The zero-order chi connectivity index (χ0) is 13.8. The number of hydrogen-bond donors (Lipinski definition) is 2. The van der Waals surface area contributed by atoms with Crippen LogP contribution in [0, 0.1) is 17.5 Å². The molecular weight excluding hydrogens is 253 g/mol. The lowest BCUT2D eigenvalue weighted by molar-refractivity contribution is 0.499. The third-order valence-corrected chi connectivity index (χ3v) is 2.94. The van der Waals surface area contributed by atoms with Crippen molar-refractivity contribution in [2.24, 2.45) is 5.84 Å². The van der Waals surface area contributed by atoms with Gasteiger partial charge in [0.05, 0.1) is 6.04 Å². The Labute approximate surface area is 109 Å². The van der Waals surface area contributed by atoms with Gasteiger partial charge in [0.1, 0.15) is 17.5 Å². The Morgan fingerprint density at radius 2 is 1.53 bits per heavy atom. The van der Waals surface area contributed by atoms with Crippen molar-refractivity contribution in [2.75, 3.05) is 0 Å². The van der Waals surface area contributed by atoms with E-state index in [1.54, 1.807) is 0 Å². The third kappa shape index (κ3) is 3.13.